The normalized spacial score (nSPS) is 27.8. The van der Waals surface area contributed by atoms with Crippen molar-refractivity contribution in [1.29, 1.82) is 0 Å². The maximum Gasteiger partial charge on any atom is 0.0718 e. The Bertz CT molecular complexity index is 524. The molecule has 138 valence electrons. The molecule has 2 aliphatic heterocycles. The monoisotopic (exact) mass is 344 g/mol. The van der Waals surface area contributed by atoms with Gasteiger partial charge in [0.05, 0.1) is 13.2 Å². The summed E-state index contributed by atoms with van der Waals surface area (Å²) in [6.07, 6.45) is 13.2. The van der Waals surface area contributed by atoms with Crippen molar-refractivity contribution in [1.82, 2.24) is 9.88 Å². The van der Waals surface area contributed by atoms with Crippen LogP contribution in [0.2, 0.25) is 0 Å². The van der Waals surface area contributed by atoms with E-state index in [4.69, 9.17) is 9.47 Å². The molecular formula is C21H32N2O2. The molecule has 1 unspecified atom stereocenters. The van der Waals surface area contributed by atoms with Crippen LogP contribution in [0, 0.1) is 11.3 Å². The van der Waals surface area contributed by atoms with Crippen molar-refractivity contribution in [3.63, 3.8) is 0 Å². The fourth-order valence-electron chi connectivity index (χ4n) is 5.17. The Morgan fingerprint density at radius 1 is 1.12 bits per heavy atom. The van der Waals surface area contributed by atoms with Crippen LogP contribution in [-0.2, 0) is 16.1 Å². The van der Waals surface area contributed by atoms with Gasteiger partial charge in [0.25, 0.3) is 0 Å². The average Bonchev–Trinajstić information content (AvgIpc) is 3.02. The van der Waals surface area contributed by atoms with E-state index in [-0.39, 0.29) is 0 Å². The van der Waals surface area contributed by atoms with E-state index >= 15 is 0 Å². The summed E-state index contributed by atoms with van der Waals surface area (Å²) in [6.45, 7) is 5.94. The molecule has 1 aromatic rings. The van der Waals surface area contributed by atoms with Gasteiger partial charge in [-0.15, -0.1) is 0 Å². The van der Waals surface area contributed by atoms with Crippen molar-refractivity contribution in [2.24, 2.45) is 11.3 Å². The minimum Gasteiger partial charge on any atom is -0.381 e. The molecule has 25 heavy (non-hydrogen) atoms. The first-order valence-electron chi connectivity index (χ1n) is 10.1. The first-order chi connectivity index (χ1) is 12.4. The lowest BCUT2D eigenvalue weighted by Crippen LogP contribution is -2.40. The van der Waals surface area contributed by atoms with Gasteiger partial charge >= 0.3 is 0 Å². The molecule has 3 fully saturated rings. The number of aromatic nitrogens is 1. The summed E-state index contributed by atoms with van der Waals surface area (Å²) in [4.78, 5) is 6.90. The standard InChI is InChI=1S/C21H32N2O2/c1-2-4-20(5-3-1)23-14-19(21(17-23)8-12-24-13-9-21)16-25-15-18-6-10-22-11-7-18/h6-7,10-11,19-20H,1-5,8-9,12-17H2. The minimum atomic E-state index is 0.425. The number of likely N-dealkylation sites (tertiary alicyclic amines) is 1. The van der Waals surface area contributed by atoms with E-state index < -0.39 is 0 Å². The summed E-state index contributed by atoms with van der Waals surface area (Å²) in [5, 5.41) is 0. The van der Waals surface area contributed by atoms with Crippen LogP contribution >= 0.6 is 0 Å². The number of pyridine rings is 1. The van der Waals surface area contributed by atoms with Gasteiger partial charge in [-0.25, -0.2) is 0 Å². The average molecular weight is 344 g/mol. The quantitative estimate of drug-likeness (QED) is 0.816. The number of rotatable bonds is 5. The van der Waals surface area contributed by atoms with Gasteiger partial charge in [0, 0.05) is 50.7 Å². The van der Waals surface area contributed by atoms with Crippen molar-refractivity contribution < 1.29 is 9.47 Å². The highest BCUT2D eigenvalue weighted by Gasteiger charge is 2.48. The van der Waals surface area contributed by atoms with Crippen LogP contribution in [0.4, 0.5) is 0 Å². The highest BCUT2D eigenvalue weighted by atomic mass is 16.5. The smallest absolute Gasteiger partial charge is 0.0718 e. The lowest BCUT2D eigenvalue weighted by Gasteiger charge is -2.38. The van der Waals surface area contributed by atoms with Gasteiger partial charge in [0.15, 0.2) is 0 Å². The van der Waals surface area contributed by atoms with Crippen LogP contribution < -0.4 is 0 Å². The second-order valence-electron chi connectivity index (χ2n) is 8.26. The Hall–Kier alpha value is -0.970. The SMILES string of the molecule is c1cc(COCC2CN(C3CCCCC3)CC23CCOCC3)ccn1. The Morgan fingerprint density at radius 3 is 2.64 bits per heavy atom. The highest BCUT2D eigenvalue weighted by Crippen LogP contribution is 2.46. The van der Waals surface area contributed by atoms with Gasteiger partial charge in [0.1, 0.15) is 0 Å². The fourth-order valence-corrected chi connectivity index (χ4v) is 5.17. The van der Waals surface area contributed by atoms with Gasteiger partial charge in [-0.05, 0) is 48.8 Å². The van der Waals surface area contributed by atoms with Gasteiger partial charge in [-0.3, -0.25) is 9.88 Å². The van der Waals surface area contributed by atoms with Crippen LogP contribution in [0.5, 0.6) is 0 Å². The molecule has 0 radical (unpaired) electrons. The third kappa shape index (κ3) is 4.07. The zero-order chi connectivity index (χ0) is 17.0. The zero-order valence-electron chi connectivity index (χ0n) is 15.4. The number of hydrogen-bond acceptors (Lipinski definition) is 4. The predicted octanol–water partition coefficient (Wildman–Crippen LogP) is 3.66. The molecule has 1 spiro atoms. The molecule has 4 rings (SSSR count). The highest BCUT2D eigenvalue weighted by molar-refractivity contribution is 5.08. The largest absolute Gasteiger partial charge is 0.381 e. The molecule has 4 nitrogen and oxygen atoms in total. The lowest BCUT2D eigenvalue weighted by atomic mass is 9.72. The van der Waals surface area contributed by atoms with E-state index in [2.05, 4.69) is 9.88 Å². The third-order valence-corrected chi connectivity index (χ3v) is 6.76. The van der Waals surface area contributed by atoms with Crippen LogP contribution in [-0.4, -0.2) is 48.8 Å². The van der Waals surface area contributed by atoms with E-state index in [1.165, 1.54) is 63.6 Å². The second-order valence-corrected chi connectivity index (χ2v) is 8.26. The topological polar surface area (TPSA) is 34.6 Å². The van der Waals surface area contributed by atoms with Crippen molar-refractivity contribution in [3.8, 4) is 0 Å². The van der Waals surface area contributed by atoms with E-state index in [1.54, 1.807) is 0 Å². The summed E-state index contributed by atoms with van der Waals surface area (Å²) in [6, 6.07) is 4.92. The Kier molecular flexibility index (Phi) is 5.69. The summed E-state index contributed by atoms with van der Waals surface area (Å²) in [5.41, 5.74) is 1.65. The number of nitrogens with zero attached hydrogens (tertiary/aromatic N) is 2. The van der Waals surface area contributed by atoms with Gasteiger partial charge in [0.2, 0.25) is 0 Å². The van der Waals surface area contributed by atoms with Gasteiger partial charge in [-0.1, -0.05) is 19.3 Å². The molecular weight excluding hydrogens is 312 g/mol. The molecule has 3 aliphatic rings. The van der Waals surface area contributed by atoms with Gasteiger partial charge < -0.3 is 9.47 Å². The Balaban J connectivity index is 1.38. The minimum absolute atomic E-state index is 0.425. The Labute approximate surface area is 151 Å². The summed E-state index contributed by atoms with van der Waals surface area (Å²) >= 11 is 0. The number of ether oxygens (including phenoxy) is 2. The molecule has 1 aliphatic carbocycles. The Morgan fingerprint density at radius 2 is 1.88 bits per heavy atom. The number of hydrogen-bond donors (Lipinski definition) is 0. The fraction of sp³-hybridized carbons (Fsp3) is 0.762. The van der Waals surface area contributed by atoms with Gasteiger partial charge in [-0.2, -0.15) is 0 Å². The molecule has 3 heterocycles. The van der Waals surface area contributed by atoms with E-state index in [0.29, 0.717) is 17.9 Å². The summed E-state index contributed by atoms with van der Waals surface area (Å²) in [7, 11) is 0. The molecule has 0 amide bonds. The van der Waals surface area contributed by atoms with Crippen molar-refractivity contribution in [2.75, 3.05) is 32.9 Å². The molecule has 0 bridgehead atoms. The maximum atomic E-state index is 6.17. The molecule has 1 saturated carbocycles. The zero-order valence-corrected chi connectivity index (χ0v) is 15.4. The predicted molar refractivity (Wildman–Crippen MR) is 98.3 cm³/mol. The lowest BCUT2D eigenvalue weighted by molar-refractivity contribution is -0.0266. The molecule has 0 N–H and O–H groups in total. The first kappa shape index (κ1) is 17.4. The van der Waals surface area contributed by atoms with Crippen LogP contribution in [0.3, 0.4) is 0 Å². The summed E-state index contributed by atoms with van der Waals surface area (Å²) < 4.78 is 11.9. The maximum absolute atomic E-state index is 6.17. The van der Waals surface area contributed by atoms with Crippen molar-refractivity contribution in [2.45, 2.75) is 57.6 Å². The van der Waals surface area contributed by atoms with Crippen molar-refractivity contribution in [3.05, 3.63) is 30.1 Å². The second kappa shape index (κ2) is 8.15. The van der Waals surface area contributed by atoms with Crippen LogP contribution in [0.25, 0.3) is 0 Å². The molecule has 1 atom stereocenters. The third-order valence-electron chi connectivity index (χ3n) is 6.76. The van der Waals surface area contributed by atoms with Crippen molar-refractivity contribution >= 4 is 0 Å². The van der Waals surface area contributed by atoms with E-state index in [1.807, 2.05) is 24.5 Å². The molecule has 0 aromatic carbocycles. The van der Waals surface area contributed by atoms with E-state index in [0.717, 1.165) is 25.9 Å². The van der Waals surface area contributed by atoms with E-state index in [9.17, 15) is 0 Å². The molecule has 2 saturated heterocycles. The first-order valence-corrected chi connectivity index (χ1v) is 10.1. The van der Waals surface area contributed by atoms with Crippen LogP contribution in [0.1, 0.15) is 50.5 Å². The molecule has 4 heteroatoms. The summed E-state index contributed by atoms with van der Waals surface area (Å²) in [5.74, 6) is 0.653. The molecule has 1 aromatic heterocycles. The van der Waals surface area contributed by atoms with Crippen LogP contribution in [0.15, 0.2) is 24.5 Å².